The zero-order chi connectivity index (χ0) is 15.0. The molecule has 1 aromatic heterocycles. The maximum atomic E-state index is 10.9. The molecule has 7 nitrogen and oxygen atoms in total. The highest BCUT2D eigenvalue weighted by Gasteiger charge is 2.16. The zero-order valence-corrected chi connectivity index (χ0v) is 13.4. The quantitative estimate of drug-likeness (QED) is 0.547. The number of carbonyl (C=O) groups is 1. The van der Waals surface area contributed by atoms with Crippen LogP contribution in [0.25, 0.3) is 0 Å². The second-order valence-corrected chi connectivity index (χ2v) is 5.89. The van der Waals surface area contributed by atoms with Crippen LogP contribution in [0.4, 0.5) is 0 Å². The van der Waals surface area contributed by atoms with Crippen molar-refractivity contribution in [3.05, 3.63) is 5.82 Å². The number of nitrogens with zero attached hydrogens (tertiary/aromatic N) is 4. The van der Waals surface area contributed by atoms with Gasteiger partial charge in [-0.1, -0.05) is 11.8 Å². The molecule has 0 saturated carbocycles. The van der Waals surface area contributed by atoms with Crippen molar-refractivity contribution >= 4 is 34.3 Å². The lowest BCUT2D eigenvalue weighted by atomic mass is 10.2. The summed E-state index contributed by atoms with van der Waals surface area (Å²) < 4.78 is 12.4. The predicted octanol–water partition coefficient (Wildman–Crippen LogP) is 1.13. The number of tetrazole rings is 1. The van der Waals surface area contributed by atoms with Crippen LogP contribution in [-0.2, 0) is 27.7 Å². The largest absolute Gasteiger partial charge is 0.479 e. The molecule has 0 N–H and O–H groups in total. The molecule has 1 rings (SSSR count). The van der Waals surface area contributed by atoms with Gasteiger partial charge >= 0.3 is 5.97 Å². The van der Waals surface area contributed by atoms with E-state index in [0.29, 0.717) is 24.0 Å². The molecule has 1 aromatic rings. The smallest absolute Gasteiger partial charge is 0.302 e. The molecule has 1 atom stereocenters. The normalized spacial score (nSPS) is 11.9. The van der Waals surface area contributed by atoms with Crippen molar-refractivity contribution in [2.75, 3.05) is 13.2 Å². The van der Waals surface area contributed by atoms with E-state index in [2.05, 4.69) is 15.5 Å². The van der Waals surface area contributed by atoms with Crippen LogP contribution in [0.3, 0.4) is 0 Å². The summed E-state index contributed by atoms with van der Waals surface area (Å²) in [6.45, 7) is 4.08. The summed E-state index contributed by atoms with van der Waals surface area (Å²) in [4.78, 5) is 10.9. The summed E-state index contributed by atoms with van der Waals surface area (Å²) in [7, 11) is 1.79. The number of esters is 1. The monoisotopic (exact) mass is 318 g/mol. The predicted molar refractivity (Wildman–Crippen MR) is 79.4 cm³/mol. The molecule has 0 aliphatic heterocycles. The number of aryl methyl sites for hydroxylation is 2. The molecule has 0 spiro atoms. The van der Waals surface area contributed by atoms with Crippen LogP contribution in [0.15, 0.2) is 0 Å². The summed E-state index contributed by atoms with van der Waals surface area (Å²) in [6, 6.07) is 0. The van der Waals surface area contributed by atoms with Crippen molar-refractivity contribution in [3.8, 4) is 0 Å². The molecule has 0 saturated heterocycles. The number of hydrogen-bond acceptors (Lipinski definition) is 8. The number of thiocarbonyl (C=S) groups is 1. The molecular weight excluding hydrogens is 300 g/mol. The number of thioether (sulfide) groups is 1. The van der Waals surface area contributed by atoms with Crippen molar-refractivity contribution < 1.29 is 14.3 Å². The van der Waals surface area contributed by atoms with Crippen LogP contribution in [0.2, 0.25) is 0 Å². The first-order valence-corrected chi connectivity index (χ1v) is 7.49. The van der Waals surface area contributed by atoms with Gasteiger partial charge in [0.2, 0.25) is 4.38 Å². The Morgan fingerprint density at radius 1 is 1.50 bits per heavy atom. The first-order valence-electron chi connectivity index (χ1n) is 6.21. The van der Waals surface area contributed by atoms with E-state index in [-0.39, 0.29) is 11.2 Å². The van der Waals surface area contributed by atoms with E-state index >= 15 is 0 Å². The van der Waals surface area contributed by atoms with Gasteiger partial charge in [-0.05, 0) is 36.0 Å². The molecule has 1 unspecified atom stereocenters. The molecule has 0 aliphatic rings. The third-order valence-electron chi connectivity index (χ3n) is 2.40. The van der Waals surface area contributed by atoms with Crippen LogP contribution in [-0.4, -0.2) is 49.0 Å². The first-order chi connectivity index (χ1) is 9.52. The summed E-state index contributed by atoms with van der Waals surface area (Å²) in [5.41, 5.74) is 0. The maximum Gasteiger partial charge on any atom is 0.302 e. The molecule has 0 amide bonds. The Bertz CT molecular complexity index is 453. The molecule has 0 aromatic carbocycles. The van der Waals surface area contributed by atoms with E-state index in [9.17, 15) is 4.79 Å². The lowest BCUT2D eigenvalue weighted by molar-refractivity contribution is -0.140. The minimum atomic E-state index is -0.307. The molecule has 9 heteroatoms. The van der Waals surface area contributed by atoms with Crippen LogP contribution >= 0.6 is 24.0 Å². The molecule has 20 heavy (non-hydrogen) atoms. The summed E-state index contributed by atoms with van der Waals surface area (Å²) in [5, 5.41) is 11.3. The van der Waals surface area contributed by atoms with Crippen molar-refractivity contribution in [1.29, 1.82) is 0 Å². The van der Waals surface area contributed by atoms with Gasteiger partial charge in [-0.25, -0.2) is 4.68 Å². The van der Waals surface area contributed by atoms with Crippen molar-refractivity contribution in [2.45, 2.75) is 31.9 Å². The second kappa shape index (κ2) is 8.85. The van der Waals surface area contributed by atoms with Crippen molar-refractivity contribution in [1.82, 2.24) is 20.2 Å². The number of aromatic nitrogens is 4. The van der Waals surface area contributed by atoms with Gasteiger partial charge in [0, 0.05) is 25.6 Å². The van der Waals surface area contributed by atoms with E-state index in [1.807, 2.05) is 6.92 Å². The van der Waals surface area contributed by atoms with Crippen molar-refractivity contribution in [2.24, 2.45) is 7.05 Å². The van der Waals surface area contributed by atoms with Gasteiger partial charge in [0.25, 0.3) is 0 Å². The van der Waals surface area contributed by atoms with Gasteiger partial charge in [0.1, 0.15) is 6.61 Å². The van der Waals surface area contributed by atoms with Crippen LogP contribution in [0.1, 0.15) is 26.1 Å². The highest BCUT2D eigenvalue weighted by molar-refractivity contribution is 8.23. The average Bonchev–Trinajstić information content (AvgIpc) is 2.78. The highest BCUT2D eigenvalue weighted by atomic mass is 32.2. The number of hydrogen-bond donors (Lipinski definition) is 0. The van der Waals surface area contributed by atoms with E-state index < -0.39 is 0 Å². The van der Waals surface area contributed by atoms with Crippen LogP contribution < -0.4 is 0 Å². The standard InChI is InChI=1S/C11H18N4O3S2/c1-4-17-11(19)20-9(7-18-8(2)16)5-6-10-12-13-14-15(10)3/h9H,4-7H2,1-3H3. The van der Waals surface area contributed by atoms with E-state index in [0.717, 1.165) is 12.2 Å². The van der Waals surface area contributed by atoms with Gasteiger partial charge in [0.15, 0.2) is 5.82 Å². The van der Waals surface area contributed by atoms with Gasteiger partial charge in [-0.2, -0.15) is 0 Å². The third kappa shape index (κ3) is 6.29. The molecule has 1 heterocycles. The lowest BCUT2D eigenvalue weighted by Crippen LogP contribution is -2.18. The van der Waals surface area contributed by atoms with Gasteiger partial charge in [-0.3, -0.25) is 4.79 Å². The Balaban J connectivity index is 2.50. The number of rotatable bonds is 7. The third-order valence-corrected chi connectivity index (χ3v) is 3.82. The summed E-state index contributed by atoms with van der Waals surface area (Å²) in [5.74, 6) is 0.471. The first kappa shape index (κ1) is 16.8. The van der Waals surface area contributed by atoms with Crippen LogP contribution in [0, 0.1) is 0 Å². The maximum absolute atomic E-state index is 10.9. The second-order valence-electron chi connectivity index (χ2n) is 3.98. The Labute approximate surface area is 127 Å². The average molecular weight is 318 g/mol. The Morgan fingerprint density at radius 2 is 2.25 bits per heavy atom. The van der Waals surface area contributed by atoms with E-state index in [1.54, 1.807) is 11.7 Å². The fourth-order valence-electron chi connectivity index (χ4n) is 1.42. The topological polar surface area (TPSA) is 79.1 Å². The molecule has 0 bridgehead atoms. The van der Waals surface area contributed by atoms with Gasteiger partial charge < -0.3 is 9.47 Å². The minimum absolute atomic E-state index is 0.0228. The lowest BCUT2D eigenvalue weighted by Gasteiger charge is -2.16. The Hall–Kier alpha value is -1.22. The van der Waals surface area contributed by atoms with Gasteiger partial charge in [-0.15, -0.1) is 5.10 Å². The zero-order valence-electron chi connectivity index (χ0n) is 11.7. The molecule has 0 fully saturated rings. The summed E-state index contributed by atoms with van der Waals surface area (Å²) >= 11 is 6.50. The number of carbonyl (C=O) groups excluding carboxylic acids is 1. The SMILES string of the molecule is CCOC(=S)SC(CCc1nnnn1C)COC(C)=O. The Morgan fingerprint density at radius 3 is 2.80 bits per heavy atom. The van der Waals surface area contributed by atoms with E-state index in [4.69, 9.17) is 21.7 Å². The van der Waals surface area contributed by atoms with Gasteiger partial charge in [0.05, 0.1) is 6.61 Å². The number of ether oxygens (including phenoxy) is 2. The minimum Gasteiger partial charge on any atom is -0.479 e. The molecule has 0 aliphatic carbocycles. The highest BCUT2D eigenvalue weighted by Crippen LogP contribution is 2.20. The molecule has 0 radical (unpaired) electrons. The fraction of sp³-hybridized carbons (Fsp3) is 0.727. The van der Waals surface area contributed by atoms with Crippen LogP contribution in [0.5, 0.6) is 0 Å². The summed E-state index contributed by atoms with van der Waals surface area (Å²) in [6.07, 6.45) is 1.41. The Kier molecular flexibility index (Phi) is 7.45. The fourth-order valence-corrected chi connectivity index (χ4v) is 2.78. The van der Waals surface area contributed by atoms with Crippen molar-refractivity contribution in [3.63, 3.8) is 0 Å². The molecule has 112 valence electrons. The van der Waals surface area contributed by atoms with E-state index in [1.165, 1.54) is 18.7 Å². The molecular formula is C11H18N4O3S2.